The Morgan fingerprint density at radius 3 is 2.42 bits per heavy atom. The molecule has 0 bridgehead atoms. The van der Waals surface area contributed by atoms with E-state index >= 15 is 0 Å². The van der Waals surface area contributed by atoms with Gasteiger partial charge in [0.2, 0.25) is 0 Å². The molecule has 1 aliphatic rings. The highest BCUT2D eigenvalue weighted by molar-refractivity contribution is 6.06. The van der Waals surface area contributed by atoms with Crippen LogP contribution in [-0.4, -0.2) is 19.8 Å². The second-order valence-corrected chi connectivity index (χ2v) is 5.31. The quantitative estimate of drug-likeness (QED) is 0.792. The fourth-order valence-electron chi connectivity index (χ4n) is 2.45. The van der Waals surface area contributed by atoms with Crippen molar-refractivity contribution in [3.63, 3.8) is 0 Å². The molecule has 96 valence electrons. The van der Waals surface area contributed by atoms with Crippen LogP contribution in [0.2, 0.25) is 0 Å². The summed E-state index contributed by atoms with van der Waals surface area (Å²) in [4.78, 5) is 6.85. The number of anilines is 1. The Morgan fingerprint density at radius 1 is 1.00 bits per heavy atom. The zero-order valence-corrected chi connectivity index (χ0v) is 11.6. The van der Waals surface area contributed by atoms with E-state index in [9.17, 15) is 0 Å². The van der Waals surface area contributed by atoms with Crippen LogP contribution >= 0.6 is 0 Å². The lowest BCUT2D eigenvalue weighted by Gasteiger charge is -2.12. The predicted octanol–water partition coefficient (Wildman–Crippen LogP) is 3.74. The number of fused-ring (bicyclic) bond motifs is 1. The molecule has 0 saturated heterocycles. The molecule has 0 amide bonds. The summed E-state index contributed by atoms with van der Waals surface area (Å²) in [5.74, 6) is 0. The van der Waals surface area contributed by atoms with E-state index in [2.05, 4.69) is 68.4 Å². The van der Waals surface area contributed by atoms with Crippen LogP contribution in [0, 0.1) is 6.92 Å². The Hall–Kier alpha value is -2.09. The Kier molecular flexibility index (Phi) is 2.86. The van der Waals surface area contributed by atoms with Crippen LogP contribution in [0.4, 0.5) is 11.4 Å². The minimum absolute atomic E-state index is 0.943. The number of rotatable bonds is 2. The standard InChI is InChI=1S/C17H18N2/c1-12-4-9-16-14(10-12)11-17(18-16)13-5-7-15(8-6-13)19(2)3/h4-10H,11H2,1-3H3. The number of hydrogen-bond acceptors (Lipinski definition) is 2. The summed E-state index contributed by atoms with van der Waals surface area (Å²) in [6.45, 7) is 2.13. The Labute approximate surface area is 114 Å². The Balaban J connectivity index is 1.89. The van der Waals surface area contributed by atoms with Crippen molar-refractivity contribution in [2.24, 2.45) is 4.99 Å². The normalized spacial score (nSPS) is 13.1. The smallest absolute Gasteiger partial charge is 0.0669 e. The molecule has 2 aromatic carbocycles. The highest BCUT2D eigenvalue weighted by Gasteiger charge is 2.15. The molecule has 0 N–H and O–H groups in total. The van der Waals surface area contributed by atoms with Gasteiger partial charge in [-0.1, -0.05) is 29.8 Å². The lowest BCUT2D eigenvalue weighted by atomic mass is 10.0. The van der Waals surface area contributed by atoms with Gasteiger partial charge in [-0.15, -0.1) is 0 Å². The first kappa shape index (κ1) is 12.0. The van der Waals surface area contributed by atoms with Crippen LogP contribution < -0.4 is 4.90 Å². The molecule has 0 radical (unpaired) electrons. The Bertz CT molecular complexity index is 637. The molecule has 2 aromatic rings. The van der Waals surface area contributed by atoms with Gasteiger partial charge >= 0.3 is 0 Å². The molecule has 3 rings (SSSR count). The average molecular weight is 250 g/mol. The predicted molar refractivity (Wildman–Crippen MR) is 81.8 cm³/mol. The van der Waals surface area contributed by atoms with Crippen LogP contribution in [-0.2, 0) is 6.42 Å². The zero-order valence-electron chi connectivity index (χ0n) is 11.6. The zero-order chi connectivity index (χ0) is 13.4. The van der Waals surface area contributed by atoms with E-state index in [0.717, 1.165) is 12.1 Å². The summed E-state index contributed by atoms with van der Waals surface area (Å²) in [6, 6.07) is 15.1. The minimum Gasteiger partial charge on any atom is -0.378 e. The van der Waals surface area contributed by atoms with Crippen molar-refractivity contribution in [2.45, 2.75) is 13.3 Å². The van der Waals surface area contributed by atoms with Gasteiger partial charge in [-0.3, -0.25) is 4.99 Å². The topological polar surface area (TPSA) is 15.6 Å². The van der Waals surface area contributed by atoms with Crippen molar-refractivity contribution in [2.75, 3.05) is 19.0 Å². The second kappa shape index (κ2) is 4.54. The van der Waals surface area contributed by atoms with E-state index in [4.69, 9.17) is 4.99 Å². The van der Waals surface area contributed by atoms with Crippen LogP contribution in [0.1, 0.15) is 16.7 Å². The lowest BCUT2D eigenvalue weighted by molar-refractivity contribution is 1.13. The van der Waals surface area contributed by atoms with E-state index in [-0.39, 0.29) is 0 Å². The van der Waals surface area contributed by atoms with Crippen LogP contribution in [0.3, 0.4) is 0 Å². The van der Waals surface area contributed by atoms with Gasteiger partial charge in [-0.05, 0) is 36.2 Å². The van der Waals surface area contributed by atoms with Crippen LogP contribution in [0.15, 0.2) is 47.5 Å². The molecule has 1 aliphatic heterocycles. The van der Waals surface area contributed by atoms with Crippen molar-refractivity contribution in [3.05, 3.63) is 59.2 Å². The molecular weight excluding hydrogens is 232 g/mol. The summed E-state index contributed by atoms with van der Waals surface area (Å²) >= 11 is 0. The van der Waals surface area contributed by atoms with Gasteiger partial charge in [0.25, 0.3) is 0 Å². The molecular formula is C17H18N2. The number of nitrogens with zero attached hydrogens (tertiary/aromatic N) is 2. The monoisotopic (exact) mass is 250 g/mol. The SMILES string of the molecule is Cc1ccc2c(c1)CC(c1ccc(N(C)C)cc1)=N2. The van der Waals surface area contributed by atoms with Gasteiger partial charge in [-0.25, -0.2) is 0 Å². The third kappa shape index (κ3) is 2.26. The summed E-state index contributed by atoms with van der Waals surface area (Å²) in [7, 11) is 4.11. The second-order valence-electron chi connectivity index (χ2n) is 5.31. The first-order chi connectivity index (χ1) is 9.13. The van der Waals surface area contributed by atoms with E-state index in [0.29, 0.717) is 0 Å². The fourth-order valence-corrected chi connectivity index (χ4v) is 2.45. The Morgan fingerprint density at radius 2 is 1.74 bits per heavy atom. The third-order valence-corrected chi connectivity index (χ3v) is 3.57. The maximum atomic E-state index is 4.74. The van der Waals surface area contributed by atoms with Crippen molar-refractivity contribution in [1.29, 1.82) is 0 Å². The first-order valence-electron chi connectivity index (χ1n) is 6.58. The van der Waals surface area contributed by atoms with Gasteiger partial charge in [0.15, 0.2) is 0 Å². The van der Waals surface area contributed by atoms with Gasteiger partial charge in [0, 0.05) is 26.2 Å². The fraction of sp³-hybridized carbons (Fsp3) is 0.235. The van der Waals surface area contributed by atoms with Crippen molar-refractivity contribution in [1.82, 2.24) is 0 Å². The van der Waals surface area contributed by atoms with Gasteiger partial charge < -0.3 is 4.90 Å². The number of aliphatic imine (C=N–C) groups is 1. The highest BCUT2D eigenvalue weighted by atomic mass is 15.1. The number of aryl methyl sites for hydroxylation is 1. The average Bonchev–Trinajstić information content (AvgIpc) is 2.81. The van der Waals surface area contributed by atoms with E-state index in [1.165, 1.54) is 28.1 Å². The molecule has 0 unspecified atom stereocenters. The summed E-state index contributed by atoms with van der Waals surface area (Å²) in [5.41, 5.74) is 7.38. The number of benzene rings is 2. The molecule has 0 aromatic heterocycles. The molecule has 0 spiro atoms. The molecule has 0 fully saturated rings. The van der Waals surface area contributed by atoms with E-state index in [1.54, 1.807) is 0 Å². The van der Waals surface area contributed by atoms with E-state index < -0.39 is 0 Å². The lowest BCUT2D eigenvalue weighted by Crippen LogP contribution is -2.09. The minimum atomic E-state index is 0.943. The third-order valence-electron chi connectivity index (χ3n) is 3.57. The molecule has 0 saturated carbocycles. The first-order valence-corrected chi connectivity index (χ1v) is 6.58. The maximum absolute atomic E-state index is 4.74. The molecule has 2 heteroatoms. The molecule has 2 nitrogen and oxygen atoms in total. The maximum Gasteiger partial charge on any atom is 0.0669 e. The number of hydrogen-bond donors (Lipinski definition) is 0. The summed E-state index contributed by atoms with van der Waals surface area (Å²) in [6.07, 6.45) is 0.943. The van der Waals surface area contributed by atoms with E-state index in [1.807, 2.05) is 0 Å². The molecule has 19 heavy (non-hydrogen) atoms. The van der Waals surface area contributed by atoms with Crippen LogP contribution in [0.25, 0.3) is 0 Å². The summed E-state index contributed by atoms with van der Waals surface area (Å²) in [5, 5.41) is 0. The highest BCUT2D eigenvalue weighted by Crippen LogP contribution is 2.29. The van der Waals surface area contributed by atoms with Gasteiger partial charge in [0.05, 0.1) is 11.4 Å². The summed E-state index contributed by atoms with van der Waals surface area (Å²) < 4.78 is 0. The van der Waals surface area contributed by atoms with Crippen molar-refractivity contribution in [3.8, 4) is 0 Å². The molecule has 1 heterocycles. The van der Waals surface area contributed by atoms with Crippen molar-refractivity contribution >= 4 is 17.1 Å². The van der Waals surface area contributed by atoms with Crippen molar-refractivity contribution < 1.29 is 0 Å². The van der Waals surface area contributed by atoms with Gasteiger partial charge in [-0.2, -0.15) is 0 Å². The largest absolute Gasteiger partial charge is 0.378 e. The van der Waals surface area contributed by atoms with Crippen LogP contribution in [0.5, 0.6) is 0 Å². The molecule has 0 aliphatic carbocycles. The van der Waals surface area contributed by atoms with Gasteiger partial charge in [0.1, 0.15) is 0 Å². The molecule has 0 atom stereocenters.